The fraction of sp³-hybridized carbons (Fsp3) is 1.00. The maximum absolute atomic E-state index is 9.41. The molecule has 74 valence electrons. The summed E-state index contributed by atoms with van der Waals surface area (Å²) in [5.74, 6) is 0. The standard InChI is InChI=1S/C9H21NO2/c1-4-6-12-8-9(11)7-10(3)5-2/h9,11H,4-8H2,1-3H3. The van der Waals surface area contributed by atoms with E-state index in [0.29, 0.717) is 13.2 Å². The average Bonchev–Trinajstić information content (AvgIpc) is 2.05. The molecule has 0 fully saturated rings. The molecule has 0 aliphatic heterocycles. The van der Waals surface area contributed by atoms with Gasteiger partial charge in [-0.1, -0.05) is 13.8 Å². The van der Waals surface area contributed by atoms with Crippen molar-refractivity contribution in [1.82, 2.24) is 4.90 Å². The SMILES string of the molecule is CCCOCC(O)CN(C)CC. The van der Waals surface area contributed by atoms with E-state index in [4.69, 9.17) is 4.74 Å². The van der Waals surface area contributed by atoms with E-state index in [1.807, 2.05) is 7.05 Å². The van der Waals surface area contributed by atoms with Gasteiger partial charge in [0.15, 0.2) is 0 Å². The summed E-state index contributed by atoms with van der Waals surface area (Å²) in [6, 6.07) is 0. The van der Waals surface area contributed by atoms with Crippen molar-refractivity contribution in [1.29, 1.82) is 0 Å². The molecule has 0 aliphatic carbocycles. The molecule has 0 radical (unpaired) electrons. The van der Waals surface area contributed by atoms with Gasteiger partial charge in [0.2, 0.25) is 0 Å². The van der Waals surface area contributed by atoms with Crippen molar-refractivity contribution in [2.45, 2.75) is 26.4 Å². The molecule has 0 heterocycles. The zero-order chi connectivity index (χ0) is 9.40. The van der Waals surface area contributed by atoms with E-state index in [-0.39, 0.29) is 6.10 Å². The molecule has 0 rings (SSSR count). The van der Waals surface area contributed by atoms with E-state index in [9.17, 15) is 5.11 Å². The van der Waals surface area contributed by atoms with Crippen LogP contribution in [-0.2, 0) is 4.74 Å². The summed E-state index contributed by atoms with van der Waals surface area (Å²) in [6.45, 7) is 6.99. The van der Waals surface area contributed by atoms with Crippen molar-refractivity contribution in [2.24, 2.45) is 0 Å². The Bertz CT molecular complexity index is 98.5. The molecule has 0 aromatic rings. The molecule has 3 heteroatoms. The van der Waals surface area contributed by atoms with E-state index in [2.05, 4.69) is 18.7 Å². The van der Waals surface area contributed by atoms with Crippen molar-refractivity contribution < 1.29 is 9.84 Å². The Kier molecular flexibility index (Phi) is 7.45. The second-order valence-electron chi connectivity index (χ2n) is 3.08. The van der Waals surface area contributed by atoms with E-state index in [0.717, 1.165) is 19.6 Å². The molecular weight excluding hydrogens is 154 g/mol. The third-order valence-electron chi connectivity index (χ3n) is 1.72. The predicted octanol–water partition coefficient (Wildman–Crippen LogP) is 0.726. The van der Waals surface area contributed by atoms with Gasteiger partial charge in [0, 0.05) is 13.2 Å². The molecule has 1 N–H and O–H groups in total. The molecule has 1 atom stereocenters. The van der Waals surface area contributed by atoms with Gasteiger partial charge in [-0.2, -0.15) is 0 Å². The Hall–Kier alpha value is -0.120. The lowest BCUT2D eigenvalue weighted by Gasteiger charge is -2.18. The molecule has 0 bridgehead atoms. The lowest BCUT2D eigenvalue weighted by Crippen LogP contribution is -2.32. The minimum atomic E-state index is -0.346. The number of hydrogen-bond donors (Lipinski definition) is 1. The molecular formula is C9H21NO2. The first kappa shape index (κ1) is 11.9. The molecule has 0 saturated heterocycles. The molecule has 12 heavy (non-hydrogen) atoms. The van der Waals surface area contributed by atoms with Crippen LogP contribution in [0.1, 0.15) is 20.3 Å². The molecule has 3 nitrogen and oxygen atoms in total. The Labute approximate surface area is 75.3 Å². The van der Waals surface area contributed by atoms with Gasteiger partial charge in [-0.3, -0.25) is 0 Å². The van der Waals surface area contributed by atoms with E-state index >= 15 is 0 Å². The van der Waals surface area contributed by atoms with Gasteiger partial charge in [-0.15, -0.1) is 0 Å². The first-order valence-corrected chi connectivity index (χ1v) is 4.65. The van der Waals surface area contributed by atoms with E-state index in [1.165, 1.54) is 0 Å². The van der Waals surface area contributed by atoms with Crippen LogP contribution in [0.5, 0.6) is 0 Å². The van der Waals surface area contributed by atoms with Gasteiger partial charge in [0.05, 0.1) is 12.7 Å². The summed E-state index contributed by atoms with van der Waals surface area (Å²) in [5, 5.41) is 9.41. The molecule has 0 aromatic carbocycles. The van der Waals surface area contributed by atoms with Gasteiger partial charge in [-0.05, 0) is 20.0 Å². The topological polar surface area (TPSA) is 32.7 Å². The highest BCUT2D eigenvalue weighted by Crippen LogP contribution is 1.91. The summed E-state index contributed by atoms with van der Waals surface area (Å²) in [7, 11) is 1.99. The van der Waals surface area contributed by atoms with Crippen LogP contribution >= 0.6 is 0 Å². The Morgan fingerprint density at radius 3 is 2.58 bits per heavy atom. The number of aliphatic hydroxyl groups is 1. The highest BCUT2D eigenvalue weighted by molar-refractivity contribution is 4.58. The molecule has 0 spiro atoms. The third kappa shape index (κ3) is 6.58. The van der Waals surface area contributed by atoms with Gasteiger partial charge >= 0.3 is 0 Å². The first-order valence-electron chi connectivity index (χ1n) is 4.65. The average molecular weight is 175 g/mol. The Balaban J connectivity index is 3.26. The van der Waals surface area contributed by atoms with Crippen LogP contribution in [0, 0.1) is 0 Å². The highest BCUT2D eigenvalue weighted by Gasteiger charge is 2.05. The molecule has 1 unspecified atom stereocenters. The summed E-state index contributed by atoms with van der Waals surface area (Å²) in [5.41, 5.74) is 0. The van der Waals surface area contributed by atoms with Crippen LogP contribution in [0.25, 0.3) is 0 Å². The van der Waals surface area contributed by atoms with Gasteiger partial charge < -0.3 is 14.7 Å². The number of nitrogens with zero attached hydrogens (tertiary/aromatic N) is 1. The van der Waals surface area contributed by atoms with Crippen LogP contribution < -0.4 is 0 Å². The van der Waals surface area contributed by atoms with Crippen LogP contribution in [0.15, 0.2) is 0 Å². The summed E-state index contributed by atoms with van der Waals surface area (Å²) < 4.78 is 5.21. The number of ether oxygens (including phenoxy) is 1. The van der Waals surface area contributed by atoms with Crippen molar-refractivity contribution in [2.75, 3.05) is 33.4 Å². The smallest absolute Gasteiger partial charge is 0.0900 e. The quantitative estimate of drug-likeness (QED) is 0.579. The number of aliphatic hydroxyl groups excluding tert-OH is 1. The van der Waals surface area contributed by atoms with Crippen molar-refractivity contribution in [3.63, 3.8) is 0 Å². The summed E-state index contributed by atoms with van der Waals surface area (Å²) in [6.07, 6.45) is 0.664. The fourth-order valence-corrected chi connectivity index (χ4v) is 0.905. The van der Waals surface area contributed by atoms with Crippen LogP contribution in [0.2, 0.25) is 0 Å². The number of likely N-dealkylation sites (N-methyl/N-ethyl adjacent to an activating group) is 1. The number of hydrogen-bond acceptors (Lipinski definition) is 3. The normalized spacial score (nSPS) is 13.8. The van der Waals surface area contributed by atoms with Crippen LogP contribution in [0.3, 0.4) is 0 Å². The number of rotatable bonds is 7. The minimum absolute atomic E-state index is 0.346. The zero-order valence-corrected chi connectivity index (χ0v) is 8.42. The monoisotopic (exact) mass is 175 g/mol. The summed E-state index contributed by atoms with van der Waals surface area (Å²) >= 11 is 0. The van der Waals surface area contributed by atoms with Gasteiger partial charge in [0.25, 0.3) is 0 Å². The Morgan fingerprint density at radius 1 is 1.42 bits per heavy atom. The van der Waals surface area contributed by atoms with Gasteiger partial charge in [0.1, 0.15) is 0 Å². The highest BCUT2D eigenvalue weighted by atomic mass is 16.5. The minimum Gasteiger partial charge on any atom is -0.389 e. The first-order chi connectivity index (χ1) is 5.70. The van der Waals surface area contributed by atoms with Crippen molar-refractivity contribution >= 4 is 0 Å². The molecule has 0 amide bonds. The van der Waals surface area contributed by atoms with Crippen molar-refractivity contribution in [3.8, 4) is 0 Å². The van der Waals surface area contributed by atoms with E-state index < -0.39 is 0 Å². The molecule has 0 aliphatic rings. The maximum atomic E-state index is 9.41. The molecule has 0 aromatic heterocycles. The largest absolute Gasteiger partial charge is 0.389 e. The molecule has 0 saturated carbocycles. The zero-order valence-electron chi connectivity index (χ0n) is 8.42. The maximum Gasteiger partial charge on any atom is 0.0900 e. The lowest BCUT2D eigenvalue weighted by molar-refractivity contribution is 0.0218. The lowest BCUT2D eigenvalue weighted by atomic mass is 10.3. The van der Waals surface area contributed by atoms with E-state index in [1.54, 1.807) is 0 Å². The third-order valence-corrected chi connectivity index (χ3v) is 1.72. The van der Waals surface area contributed by atoms with Crippen molar-refractivity contribution in [3.05, 3.63) is 0 Å². The van der Waals surface area contributed by atoms with Crippen LogP contribution in [0.4, 0.5) is 0 Å². The Morgan fingerprint density at radius 2 is 2.08 bits per heavy atom. The fourth-order valence-electron chi connectivity index (χ4n) is 0.905. The summed E-state index contributed by atoms with van der Waals surface area (Å²) in [4.78, 5) is 2.07. The van der Waals surface area contributed by atoms with Crippen LogP contribution in [-0.4, -0.2) is 49.5 Å². The second-order valence-corrected chi connectivity index (χ2v) is 3.08. The second kappa shape index (κ2) is 7.53. The van der Waals surface area contributed by atoms with Gasteiger partial charge in [-0.25, -0.2) is 0 Å². The predicted molar refractivity (Wildman–Crippen MR) is 50.3 cm³/mol.